The van der Waals surface area contributed by atoms with Gasteiger partial charge in [-0.25, -0.2) is 0 Å². The van der Waals surface area contributed by atoms with Gasteiger partial charge in [-0.15, -0.1) is 0 Å². The molecule has 1 aliphatic rings. The van der Waals surface area contributed by atoms with Crippen molar-refractivity contribution in [2.24, 2.45) is 5.92 Å². The van der Waals surface area contributed by atoms with Crippen molar-refractivity contribution in [2.45, 2.75) is 45.6 Å². The molecule has 2 N–H and O–H groups in total. The number of nitrogens with one attached hydrogen (secondary N) is 1. The molecule has 0 aliphatic heterocycles. The maximum atomic E-state index is 12.2. The minimum absolute atomic E-state index is 0.159. The summed E-state index contributed by atoms with van der Waals surface area (Å²) in [6, 6.07) is 5.43. The van der Waals surface area contributed by atoms with Crippen molar-refractivity contribution in [2.75, 3.05) is 13.2 Å². The van der Waals surface area contributed by atoms with Crippen LogP contribution in [0.25, 0.3) is 0 Å². The van der Waals surface area contributed by atoms with E-state index in [0.717, 1.165) is 24.2 Å². The molecule has 4 nitrogen and oxygen atoms in total. The lowest BCUT2D eigenvalue weighted by molar-refractivity contribution is 0.0840. The Morgan fingerprint density at radius 3 is 2.81 bits per heavy atom. The average molecular weight is 291 g/mol. The van der Waals surface area contributed by atoms with Gasteiger partial charge in [0.25, 0.3) is 5.91 Å². The van der Waals surface area contributed by atoms with Crippen LogP contribution in [-0.4, -0.2) is 30.3 Å². The largest absolute Gasteiger partial charge is 0.494 e. The van der Waals surface area contributed by atoms with Crippen LogP contribution in [0.2, 0.25) is 0 Å². The van der Waals surface area contributed by atoms with Crippen molar-refractivity contribution in [3.63, 3.8) is 0 Å². The van der Waals surface area contributed by atoms with Crippen LogP contribution in [-0.2, 0) is 0 Å². The first-order chi connectivity index (χ1) is 10.1. The Labute approximate surface area is 126 Å². The summed E-state index contributed by atoms with van der Waals surface area (Å²) in [6.07, 6.45) is 4.07. The zero-order valence-electron chi connectivity index (χ0n) is 12.9. The molecule has 0 aromatic heterocycles. The van der Waals surface area contributed by atoms with Crippen molar-refractivity contribution in [3.8, 4) is 5.75 Å². The summed E-state index contributed by atoms with van der Waals surface area (Å²) in [7, 11) is 0. The molecule has 1 unspecified atom stereocenters. The van der Waals surface area contributed by atoms with Crippen molar-refractivity contribution in [3.05, 3.63) is 29.3 Å². The van der Waals surface area contributed by atoms with Gasteiger partial charge in [-0.05, 0) is 50.3 Å². The lowest BCUT2D eigenvalue weighted by Crippen LogP contribution is -2.35. The van der Waals surface area contributed by atoms with Crippen molar-refractivity contribution >= 4 is 5.91 Å². The lowest BCUT2D eigenvalue weighted by atomic mass is 10.0. The summed E-state index contributed by atoms with van der Waals surface area (Å²) in [5.41, 5.74) is 1.59. The number of hydrogen-bond acceptors (Lipinski definition) is 3. The van der Waals surface area contributed by atoms with Crippen molar-refractivity contribution in [1.29, 1.82) is 0 Å². The summed E-state index contributed by atoms with van der Waals surface area (Å²) in [5.74, 6) is 0.914. The molecule has 1 saturated carbocycles. The number of benzene rings is 1. The average Bonchev–Trinajstić information content (AvgIpc) is 3.01. The van der Waals surface area contributed by atoms with Crippen LogP contribution in [0.1, 0.15) is 48.5 Å². The van der Waals surface area contributed by atoms with Crippen LogP contribution in [0.4, 0.5) is 0 Å². The molecule has 0 heterocycles. The number of hydrogen-bond donors (Lipinski definition) is 2. The third-order valence-electron chi connectivity index (χ3n) is 4.17. The third kappa shape index (κ3) is 4.21. The van der Waals surface area contributed by atoms with Gasteiger partial charge in [0, 0.05) is 12.1 Å². The van der Waals surface area contributed by atoms with Crippen LogP contribution >= 0.6 is 0 Å². The predicted octanol–water partition coefficient (Wildman–Crippen LogP) is 2.67. The molecule has 1 aromatic rings. The summed E-state index contributed by atoms with van der Waals surface area (Å²) in [6.45, 7) is 4.77. The van der Waals surface area contributed by atoms with Gasteiger partial charge in [0.15, 0.2) is 0 Å². The van der Waals surface area contributed by atoms with Gasteiger partial charge in [-0.1, -0.05) is 18.9 Å². The van der Waals surface area contributed by atoms with Gasteiger partial charge < -0.3 is 15.2 Å². The van der Waals surface area contributed by atoms with E-state index in [0.29, 0.717) is 24.6 Å². The standard InChI is InChI=1S/C17H25NO3/c1-3-21-16-10-14(9-8-12(16)2)17(20)18-11-15(19)13-6-4-5-7-13/h8-10,13,15,19H,3-7,11H2,1-2H3,(H,18,20). The van der Waals surface area contributed by atoms with Crippen LogP contribution in [0.15, 0.2) is 18.2 Å². The number of aliphatic hydroxyl groups excluding tert-OH is 1. The van der Waals surface area contributed by atoms with E-state index in [1.807, 2.05) is 19.9 Å². The third-order valence-corrected chi connectivity index (χ3v) is 4.17. The Morgan fingerprint density at radius 1 is 1.43 bits per heavy atom. The second-order valence-corrected chi connectivity index (χ2v) is 5.74. The van der Waals surface area contributed by atoms with E-state index in [-0.39, 0.29) is 5.91 Å². The maximum absolute atomic E-state index is 12.2. The molecule has 1 atom stereocenters. The number of rotatable bonds is 6. The number of aryl methyl sites for hydroxylation is 1. The fraction of sp³-hybridized carbons (Fsp3) is 0.588. The lowest BCUT2D eigenvalue weighted by Gasteiger charge is -2.18. The van der Waals surface area contributed by atoms with Crippen molar-refractivity contribution in [1.82, 2.24) is 5.32 Å². The van der Waals surface area contributed by atoms with Crippen LogP contribution in [0.5, 0.6) is 5.75 Å². The topological polar surface area (TPSA) is 58.6 Å². The zero-order valence-corrected chi connectivity index (χ0v) is 12.9. The van der Waals surface area contributed by atoms with E-state index in [1.54, 1.807) is 12.1 Å². The summed E-state index contributed by atoms with van der Waals surface area (Å²) in [4.78, 5) is 12.2. The minimum atomic E-state index is -0.437. The fourth-order valence-corrected chi connectivity index (χ4v) is 2.86. The molecule has 1 aromatic carbocycles. The van der Waals surface area contributed by atoms with Gasteiger partial charge in [-0.3, -0.25) is 4.79 Å². The summed E-state index contributed by atoms with van der Waals surface area (Å²) in [5, 5.41) is 12.9. The van der Waals surface area contributed by atoms with Crippen LogP contribution < -0.4 is 10.1 Å². The van der Waals surface area contributed by atoms with Crippen molar-refractivity contribution < 1.29 is 14.6 Å². The Hall–Kier alpha value is -1.55. The van der Waals surface area contributed by atoms with Gasteiger partial charge in [0.2, 0.25) is 0 Å². The molecule has 1 amide bonds. The molecule has 0 radical (unpaired) electrons. The molecular weight excluding hydrogens is 266 g/mol. The predicted molar refractivity (Wildman–Crippen MR) is 82.6 cm³/mol. The Kier molecular flexibility index (Phi) is 5.62. The zero-order chi connectivity index (χ0) is 15.2. The molecule has 21 heavy (non-hydrogen) atoms. The molecule has 1 aliphatic carbocycles. The van der Waals surface area contributed by atoms with E-state index < -0.39 is 6.10 Å². The first-order valence-electron chi connectivity index (χ1n) is 7.81. The Morgan fingerprint density at radius 2 is 2.14 bits per heavy atom. The van der Waals surface area contributed by atoms with Gasteiger partial charge in [0.05, 0.1) is 12.7 Å². The minimum Gasteiger partial charge on any atom is -0.494 e. The normalized spacial score (nSPS) is 16.7. The van der Waals surface area contributed by atoms with E-state index in [4.69, 9.17) is 4.74 Å². The van der Waals surface area contributed by atoms with Gasteiger partial charge in [0.1, 0.15) is 5.75 Å². The monoisotopic (exact) mass is 291 g/mol. The SMILES string of the molecule is CCOc1cc(C(=O)NCC(O)C2CCCC2)ccc1C. The van der Waals surface area contributed by atoms with Crippen LogP contribution in [0, 0.1) is 12.8 Å². The highest BCUT2D eigenvalue weighted by Crippen LogP contribution is 2.27. The van der Waals surface area contributed by atoms with E-state index in [1.165, 1.54) is 12.8 Å². The Bertz CT molecular complexity index is 481. The van der Waals surface area contributed by atoms with E-state index >= 15 is 0 Å². The molecule has 0 saturated heterocycles. The molecule has 0 spiro atoms. The Balaban J connectivity index is 1.92. The maximum Gasteiger partial charge on any atom is 0.251 e. The molecule has 4 heteroatoms. The van der Waals surface area contributed by atoms with Gasteiger partial charge >= 0.3 is 0 Å². The summed E-state index contributed by atoms with van der Waals surface area (Å²) >= 11 is 0. The number of aliphatic hydroxyl groups is 1. The van der Waals surface area contributed by atoms with E-state index in [2.05, 4.69) is 5.32 Å². The molecular formula is C17H25NO3. The molecule has 1 fully saturated rings. The highest BCUT2D eigenvalue weighted by Gasteiger charge is 2.23. The second-order valence-electron chi connectivity index (χ2n) is 5.74. The van der Waals surface area contributed by atoms with Gasteiger partial charge in [-0.2, -0.15) is 0 Å². The highest BCUT2D eigenvalue weighted by atomic mass is 16.5. The number of carbonyl (C=O) groups excluding carboxylic acids is 1. The molecule has 0 bridgehead atoms. The summed E-state index contributed by atoms with van der Waals surface area (Å²) < 4.78 is 5.50. The number of amides is 1. The molecule has 2 rings (SSSR count). The second kappa shape index (κ2) is 7.46. The number of carbonyl (C=O) groups is 1. The van der Waals surface area contributed by atoms with E-state index in [9.17, 15) is 9.90 Å². The van der Waals surface area contributed by atoms with Crippen LogP contribution in [0.3, 0.4) is 0 Å². The number of ether oxygens (including phenoxy) is 1. The first-order valence-corrected chi connectivity index (χ1v) is 7.81. The smallest absolute Gasteiger partial charge is 0.251 e. The molecule has 116 valence electrons. The first kappa shape index (κ1) is 15.8. The highest BCUT2D eigenvalue weighted by molar-refractivity contribution is 5.94. The quantitative estimate of drug-likeness (QED) is 0.847. The fourth-order valence-electron chi connectivity index (χ4n) is 2.86.